The number of hydrogen-bond acceptors (Lipinski definition) is 5. The van der Waals surface area contributed by atoms with Crippen LogP contribution in [0.1, 0.15) is 6.92 Å². The van der Waals surface area contributed by atoms with Gasteiger partial charge in [0.1, 0.15) is 6.61 Å². The van der Waals surface area contributed by atoms with Crippen LogP contribution in [0, 0.1) is 0 Å². The highest BCUT2D eigenvalue weighted by Gasteiger charge is 2.65. The van der Waals surface area contributed by atoms with Crippen LogP contribution in [0.5, 0.6) is 0 Å². The lowest BCUT2D eigenvalue weighted by Gasteiger charge is -2.34. The van der Waals surface area contributed by atoms with E-state index in [-0.39, 0.29) is 6.92 Å². The molecule has 24 heavy (non-hydrogen) atoms. The van der Waals surface area contributed by atoms with Gasteiger partial charge in [0.05, 0.1) is 6.61 Å². The Kier molecular flexibility index (Phi) is 5.55. The van der Waals surface area contributed by atoms with Crippen molar-refractivity contribution in [3.63, 3.8) is 0 Å². The fourth-order valence-electron chi connectivity index (χ4n) is 1.38. The summed E-state index contributed by atoms with van der Waals surface area (Å²) in [5.74, 6) is -4.80. The van der Waals surface area contributed by atoms with E-state index in [4.69, 9.17) is 0 Å². The number of rotatable bonds is 6. The van der Waals surface area contributed by atoms with Gasteiger partial charge in [-0.1, -0.05) is 0 Å². The second kappa shape index (κ2) is 6.46. The molecule has 1 heterocycles. The summed E-state index contributed by atoms with van der Waals surface area (Å²) in [6.07, 6.45) is -25.1. The molecule has 14 heteroatoms. The maximum Gasteiger partial charge on any atom is 0.508 e. The molecule has 0 N–H and O–H groups in total. The Morgan fingerprint density at radius 1 is 1.08 bits per heavy atom. The Bertz CT molecular complexity index is 445. The van der Waals surface area contributed by atoms with E-state index in [0.717, 1.165) is 0 Å². The van der Waals surface area contributed by atoms with Gasteiger partial charge < -0.3 is 18.9 Å². The van der Waals surface area contributed by atoms with Crippen molar-refractivity contribution in [3.8, 4) is 0 Å². The summed E-state index contributed by atoms with van der Waals surface area (Å²) in [5, 5.41) is 0. The fourth-order valence-corrected chi connectivity index (χ4v) is 1.38. The van der Waals surface area contributed by atoms with E-state index in [2.05, 4.69) is 18.9 Å². The summed E-state index contributed by atoms with van der Waals surface area (Å²) in [7, 11) is 0. The minimum atomic E-state index is -6.20. The van der Waals surface area contributed by atoms with E-state index in [1.807, 2.05) is 0 Å². The van der Waals surface area contributed by atoms with Crippen LogP contribution in [0.4, 0.5) is 44.3 Å². The number of carbonyl (C=O) groups is 1. The first kappa shape index (κ1) is 20.6. The zero-order valence-electron chi connectivity index (χ0n) is 11.5. The Morgan fingerprint density at radius 2 is 1.58 bits per heavy atom. The van der Waals surface area contributed by atoms with Crippen molar-refractivity contribution in [2.75, 3.05) is 13.2 Å². The molecule has 0 bridgehead atoms. The van der Waals surface area contributed by atoms with Crippen LogP contribution < -0.4 is 0 Å². The molecule has 0 amide bonds. The fraction of sp³-hybridized carbons (Fsp3) is 0.900. The monoisotopic (exact) mass is 380 g/mol. The third-order valence-electron chi connectivity index (χ3n) is 2.55. The lowest BCUT2D eigenvalue weighted by molar-refractivity contribution is -0.430. The first-order valence-electron chi connectivity index (χ1n) is 5.91. The summed E-state index contributed by atoms with van der Waals surface area (Å²) in [5.41, 5.74) is 0. The van der Waals surface area contributed by atoms with E-state index < -0.39 is 55.9 Å². The molecule has 2 atom stereocenters. The molecule has 0 radical (unpaired) electrons. The van der Waals surface area contributed by atoms with E-state index in [1.54, 1.807) is 0 Å². The summed E-state index contributed by atoms with van der Waals surface area (Å²) >= 11 is 0. The van der Waals surface area contributed by atoms with Crippen molar-refractivity contribution in [2.24, 2.45) is 0 Å². The predicted molar refractivity (Wildman–Crippen MR) is 53.6 cm³/mol. The molecular weight excluding hydrogens is 371 g/mol. The van der Waals surface area contributed by atoms with E-state index in [1.165, 1.54) is 0 Å². The zero-order valence-corrected chi connectivity index (χ0v) is 11.5. The Balaban J connectivity index is 2.81. The van der Waals surface area contributed by atoms with Crippen LogP contribution >= 0.6 is 0 Å². The largest absolute Gasteiger partial charge is 0.508 e. The Hall–Kier alpha value is -1.44. The molecule has 2 unspecified atom stereocenters. The minimum absolute atomic E-state index is 0.366. The number of ether oxygens (including phenoxy) is 4. The van der Waals surface area contributed by atoms with Gasteiger partial charge in [0.25, 0.3) is 12.0 Å². The topological polar surface area (TPSA) is 54.0 Å². The Morgan fingerprint density at radius 3 is 1.96 bits per heavy atom. The summed E-state index contributed by atoms with van der Waals surface area (Å²) in [6, 6.07) is 0. The second-order valence-electron chi connectivity index (χ2n) is 4.63. The molecule has 1 aliphatic rings. The van der Waals surface area contributed by atoms with Crippen LogP contribution in [0.3, 0.4) is 0 Å². The maximum atomic E-state index is 13.7. The maximum absolute atomic E-state index is 13.7. The smallest absolute Gasteiger partial charge is 0.430 e. The van der Waals surface area contributed by atoms with Crippen molar-refractivity contribution in [1.82, 2.24) is 0 Å². The lowest BCUT2D eigenvalue weighted by Crippen LogP contribution is -2.55. The van der Waals surface area contributed by atoms with Crippen molar-refractivity contribution in [3.05, 3.63) is 0 Å². The standard InChI is InChI=1S/C10H9F9O5/c1-7(11,24-5(8(12,13)14)9(15,16)17)10(18,19)22-3-4-2-21-6(20)23-4/h4-5H,2-3H2,1H3. The van der Waals surface area contributed by atoms with Gasteiger partial charge >= 0.3 is 24.6 Å². The van der Waals surface area contributed by atoms with Crippen LogP contribution in [-0.2, 0) is 18.9 Å². The summed E-state index contributed by atoms with van der Waals surface area (Å²) in [6.45, 7) is -2.20. The first-order chi connectivity index (χ1) is 10.6. The first-order valence-corrected chi connectivity index (χ1v) is 5.91. The second-order valence-corrected chi connectivity index (χ2v) is 4.63. The van der Waals surface area contributed by atoms with Crippen molar-refractivity contribution in [2.45, 2.75) is 43.4 Å². The summed E-state index contributed by atoms with van der Waals surface area (Å²) in [4.78, 5) is 10.5. The lowest BCUT2D eigenvalue weighted by atomic mass is 10.2. The number of halogens is 9. The highest BCUT2D eigenvalue weighted by Crippen LogP contribution is 2.43. The molecule has 0 aromatic heterocycles. The number of carbonyl (C=O) groups excluding carboxylic acids is 1. The normalized spacial score (nSPS) is 22.3. The molecule has 0 saturated carbocycles. The van der Waals surface area contributed by atoms with E-state index in [0.29, 0.717) is 0 Å². The third-order valence-corrected chi connectivity index (χ3v) is 2.55. The van der Waals surface area contributed by atoms with Crippen molar-refractivity contribution in [1.29, 1.82) is 0 Å². The van der Waals surface area contributed by atoms with Gasteiger partial charge in [0.15, 0.2) is 6.10 Å². The molecule has 142 valence electrons. The molecule has 1 saturated heterocycles. The quantitative estimate of drug-likeness (QED) is 0.523. The molecule has 1 rings (SSSR count). The zero-order chi connectivity index (χ0) is 19.0. The highest BCUT2D eigenvalue weighted by atomic mass is 19.4. The average Bonchev–Trinajstić information content (AvgIpc) is 2.77. The van der Waals surface area contributed by atoms with Crippen LogP contribution in [-0.4, -0.2) is 55.9 Å². The van der Waals surface area contributed by atoms with Gasteiger partial charge in [-0.05, 0) is 0 Å². The SMILES string of the molecule is CC(F)(OC(C(F)(F)F)C(F)(F)F)C(F)(F)OCC1COC(=O)O1. The van der Waals surface area contributed by atoms with Gasteiger partial charge in [-0.2, -0.15) is 35.1 Å². The van der Waals surface area contributed by atoms with Crippen molar-refractivity contribution < 1.29 is 63.3 Å². The predicted octanol–water partition coefficient (Wildman–Crippen LogP) is 3.33. The molecule has 5 nitrogen and oxygen atoms in total. The average molecular weight is 380 g/mol. The molecule has 0 spiro atoms. The molecule has 0 aromatic rings. The van der Waals surface area contributed by atoms with Gasteiger partial charge in [-0.25, -0.2) is 9.18 Å². The highest BCUT2D eigenvalue weighted by molar-refractivity contribution is 5.61. The number of hydrogen-bond donors (Lipinski definition) is 0. The van der Waals surface area contributed by atoms with E-state index >= 15 is 0 Å². The van der Waals surface area contributed by atoms with Gasteiger partial charge in [-0.15, -0.1) is 0 Å². The molecule has 1 fully saturated rings. The third kappa shape index (κ3) is 5.03. The Labute approximate surface area is 127 Å². The van der Waals surface area contributed by atoms with Crippen molar-refractivity contribution >= 4 is 6.16 Å². The number of alkyl halides is 9. The van der Waals surface area contributed by atoms with Gasteiger partial charge in [0, 0.05) is 6.92 Å². The molecule has 1 aliphatic heterocycles. The molecular formula is C10H9F9O5. The number of cyclic esters (lactones) is 2. The van der Waals surface area contributed by atoms with Crippen LogP contribution in [0.15, 0.2) is 0 Å². The van der Waals surface area contributed by atoms with Gasteiger partial charge in [0.2, 0.25) is 0 Å². The molecule has 0 aromatic carbocycles. The minimum Gasteiger partial charge on any atom is -0.430 e. The van der Waals surface area contributed by atoms with Crippen LogP contribution in [0.25, 0.3) is 0 Å². The van der Waals surface area contributed by atoms with Crippen LogP contribution in [0.2, 0.25) is 0 Å². The summed E-state index contributed by atoms with van der Waals surface area (Å²) < 4.78 is 129. The van der Waals surface area contributed by atoms with Gasteiger partial charge in [-0.3, -0.25) is 0 Å². The molecule has 0 aliphatic carbocycles. The van der Waals surface area contributed by atoms with E-state index in [9.17, 15) is 44.3 Å².